The highest BCUT2D eigenvalue weighted by Gasteiger charge is 2.47. The average Bonchev–Trinajstić information content (AvgIpc) is 3.58. The summed E-state index contributed by atoms with van der Waals surface area (Å²) in [6, 6.07) is 18.2. The van der Waals surface area contributed by atoms with Crippen LogP contribution >= 0.6 is 0 Å². The van der Waals surface area contributed by atoms with Crippen LogP contribution in [0.2, 0.25) is 0 Å². The molecule has 7 nitrogen and oxygen atoms in total. The smallest absolute Gasteiger partial charge is 0.229 e. The number of benzene rings is 2. The summed E-state index contributed by atoms with van der Waals surface area (Å²) >= 11 is 0. The van der Waals surface area contributed by atoms with Gasteiger partial charge in [-0.1, -0.05) is 42.5 Å². The lowest BCUT2D eigenvalue weighted by Gasteiger charge is -2.38. The molecule has 1 unspecified atom stereocenters. The van der Waals surface area contributed by atoms with Crippen molar-refractivity contribution in [1.82, 2.24) is 15.1 Å². The Balaban J connectivity index is 1.14. The molecule has 2 aromatic rings. The maximum atomic E-state index is 13.4. The van der Waals surface area contributed by atoms with Gasteiger partial charge in [0.05, 0.1) is 31.1 Å². The first-order chi connectivity index (χ1) is 18.1. The molecule has 3 fully saturated rings. The molecule has 3 heterocycles. The number of likely N-dealkylation sites (tertiary alicyclic amines) is 2. The van der Waals surface area contributed by atoms with Gasteiger partial charge in [-0.2, -0.15) is 0 Å². The van der Waals surface area contributed by atoms with Crippen molar-refractivity contribution in [2.24, 2.45) is 11.3 Å². The van der Waals surface area contributed by atoms with Crippen molar-refractivity contribution in [3.63, 3.8) is 0 Å². The predicted molar refractivity (Wildman–Crippen MR) is 142 cm³/mol. The number of carbonyl (C=O) groups is 2. The zero-order valence-corrected chi connectivity index (χ0v) is 21.9. The van der Waals surface area contributed by atoms with Gasteiger partial charge in [0.15, 0.2) is 0 Å². The third-order valence-electron chi connectivity index (χ3n) is 8.50. The Kier molecular flexibility index (Phi) is 8.11. The number of hydrogen-bond acceptors (Lipinski definition) is 5. The minimum Gasteiger partial charge on any atom is -0.497 e. The van der Waals surface area contributed by atoms with Crippen LogP contribution < -0.4 is 10.1 Å². The second-order valence-corrected chi connectivity index (χ2v) is 10.8. The summed E-state index contributed by atoms with van der Waals surface area (Å²) in [5.41, 5.74) is 2.07. The van der Waals surface area contributed by atoms with Crippen LogP contribution in [0.25, 0.3) is 0 Å². The number of amides is 2. The normalized spacial score (nSPS) is 22.4. The number of nitrogens with zero attached hydrogens (tertiary/aromatic N) is 2. The first kappa shape index (κ1) is 25.7. The summed E-state index contributed by atoms with van der Waals surface area (Å²) in [6.07, 6.45) is 4.42. The van der Waals surface area contributed by atoms with E-state index in [-0.39, 0.29) is 23.3 Å². The number of ether oxygens (including phenoxy) is 2. The molecule has 0 aliphatic carbocycles. The van der Waals surface area contributed by atoms with Gasteiger partial charge in [-0.15, -0.1) is 0 Å². The highest BCUT2D eigenvalue weighted by Crippen LogP contribution is 2.42. The van der Waals surface area contributed by atoms with Gasteiger partial charge >= 0.3 is 0 Å². The predicted octanol–water partition coefficient (Wildman–Crippen LogP) is 3.79. The third-order valence-corrected chi connectivity index (χ3v) is 8.50. The summed E-state index contributed by atoms with van der Waals surface area (Å²) in [6.45, 7) is 5.43. The molecule has 2 amide bonds. The second kappa shape index (κ2) is 11.7. The van der Waals surface area contributed by atoms with Gasteiger partial charge in [0.25, 0.3) is 0 Å². The lowest BCUT2D eigenvalue weighted by Crippen LogP contribution is -2.45. The molecule has 0 saturated carbocycles. The van der Waals surface area contributed by atoms with Crippen LogP contribution in [-0.2, 0) is 20.9 Å². The van der Waals surface area contributed by atoms with Crippen molar-refractivity contribution in [2.45, 2.75) is 44.7 Å². The quantitative estimate of drug-likeness (QED) is 0.562. The number of methoxy groups -OCH3 is 1. The molecule has 0 bridgehead atoms. The van der Waals surface area contributed by atoms with E-state index >= 15 is 0 Å². The van der Waals surface area contributed by atoms with E-state index in [1.165, 1.54) is 0 Å². The van der Waals surface area contributed by atoms with E-state index in [9.17, 15) is 9.59 Å². The standard InChI is InChI=1S/C30H39N3O4/c1-36-26-9-7-23(8-10-26)21-33-19-15-30(29(33)35)13-17-32(18-14-30)16-11-27(24-5-3-2-4-6-24)31-28(34)25-12-20-37-22-25/h2-10,25,27H,11-22H2,1H3,(H,31,34)/t25?,27-/m0/s1. The molecule has 5 rings (SSSR count). The number of nitrogens with one attached hydrogen (secondary N) is 1. The first-order valence-corrected chi connectivity index (χ1v) is 13.6. The number of carbonyl (C=O) groups excluding carboxylic acids is 2. The maximum Gasteiger partial charge on any atom is 0.229 e. The van der Waals surface area contributed by atoms with Crippen LogP contribution in [0.1, 0.15) is 49.3 Å². The Bertz CT molecular complexity index is 1040. The fourth-order valence-corrected chi connectivity index (χ4v) is 6.01. The molecular weight excluding hydrogens is 466 g/mol. The van der Waals surface area contributed by atoms with Crippen molar-refractivity contribution in [2.75, 3.05) is 46.5 Å². The fraction of sp³-hybridized carbons (Fsp3) is 0.533. The van der Waals surface area contributed by atoms with Gasteiger partial charge in [-0.05, 0) is 68.5 Å². The maximum absolute atomic E-state index is 13.4. The van der Waals surface area contributed by atoms with Crippen molar-refractivity contribution in [3.05, 3.63) is 65.7 Å². The molecule has 2 atom stereocenters. The minimum atomic E-state index is -0.210. The number of piperidine rings is 1. The third kappa shape index (κ3) is 5.99. The molecular formula is C30H39N3O4. The lowest BCUT2D eigenvalue weighted by molar-refractivity contribution is -0.139. The van der Waals surface area contributed by atoms with E-state index in [1.807, 2.05) is 47.4 Å². The minimum absolute atomic E-state index is 0.0155. The molecule has 37 heavy (non-hydrogen) atoms. The number of rotatable bonds is 9. The SMILES string of the molecule is COc1ccc(CN2CCC3(CCN(CC[C@H](NC(=O)C4CCOC4)c4ccccc4)CC3)C2=O)cc1. The van der Waals surface area contributed by atoms with E-state index in [4.69, 9.17) is 9.47 Å². The summed E-state index contributed by atoms with van der Waals surface area (Å²) in [7, 11) is 1.67. The molecule has 7 heteroatoms. The van der Waals surface area contributed by atoms with Crippen molar-refractivity contribution >= 4 is 11.8 Å². The van der Waals surface area contributed by atoms with Crippen molar-refractivity contribution in [3.8, 4) is 5.75 Å². The Hall–Kier alpha value is -2.90. The van der Waals surface area contributed by atoms with Gasteiger partial charge in [-0.3, -0.25) is 9.59 Å². The zero-order valence-electron chi connectivity index (χ0n) is 21.9. The van der Waals surface area contributed by atoms with E-state index in [0.29, 0.717) is 25.7 Å². The monoisotopic (exact) mass is 505 g/mol. The summed E-state index contributed by atoms with van der Waals surface area (Å²) in [4.78, 5) is 30.8. The highest BCUT2D eigenvalue weighted by atomic mass is 16.5. The van der Waals surface area contributed by atoms with Crippen LogP contribution in [0.4, 0.5) is 0 Å². The molecule has 1 spiro atoms. The molecule has 0 radical (unpaired) electrons. The van der Waals surface area contributed by atoms with E-state index in [1.54, 1.807) is 7.11 Å². The van der Waals surface area contributed by atoms with Crippen LogP contribution in [0.3, 0.4) is 0 Å². The van der Waals surface area contributed by atoms with Crippen molar-refractivity contribution < 1.29 is 19.1 Å². The molecule has 3 saturated heterocycles. The Morgan fingerprint density at radius 1 is 1.08 bits per heavy atom. The summed E-state index contributed by atoms with van der Waals surface area (Å²) < 4.78 is 10.7. The zero-order chi connectivity index (χ0) is 25.7. The Labute approximate surface area is 220 Å². The van der Waals surface area contributed by atoms with Crippen molar-refractivity contribution in [1.29, 1.82) is 0 Å². The topological polar surface area (TPSA) is 71.1 Å². The highest BCUT2D eigenvalue weighted by molar-refractivity contribution is 5.85. The second-order valence-electron chi connectivity index (χ2n) is 10.8. The molecule has 2 aromatic carbocycles. The van der Waals surface area contributed by atoms with Crippen LogP contribution in [0.15, 0.2) is 54.6 Å². The average molecular weight is 506 g/mol. The summed E-state index contributed by atoms with van der Waals surface area (Å²) in [5, 5.41) is 3.29. The van der Waals surface area contributed by atoms with E-state index < -0.39 is 0 Å². The van der Waals surface area contributed by atoms with Gasteiger partial charge < -0.3 is 24.6 Å². The van der Waals surface area contributed by atoms with E-state index in [2.05, 4.69) is 22.3 Å². The molecule has 1 N–H and O–H groups in total. The molecule has 0 aromatic heterocycles. The first-order valence-electron chi connectivity index (χ1n) is 13.6. The Morgan fingerprint density at radius 3 is 2.49 bits per heavy atom. The van der Waals surface area contributed by atoms with Crippen LogP contribution in [-0.4, -0.2) is 68.1 Å². The van der Waals surface area contributed by atoms with E-state index in [0.717, 1.165) is 75.2 Å². The van der Waals surface area contributed by atoms with Gasteiger partial charge in [0.2, 0.25) is 11.8 Å². The van der Waals surface area contributed by atoms with Gasteiger partial charge in [0.1, 0.15) is 5.75 Å². The molecule has 3 aliphatic heterocycles. The number of hydrogen-bond donors (Lipinski definition) is 1. The van der Waals surface area contributed by atoms with Crippen LogP contribution in [0.5, 0.6) is 5.75 Å². The lowest BCUT2D eigenvalue weighted by atomic mass is 9.77. The van der Waals surface area contributed by atoms with Gasteiger partial charge in [-0.25, -0.2) is 0 Å². The molecule has 198 valence electrons. The molecule has 3 aliphatic rings. The fourth-order valence-electron chi connectivity index (χ4n) is 6.01. The largest absolute Gasteiger partial charge is 0.497 e. The Morgan fingerprint density at radius 2 is 1.81 bits per heavy atom. The van der Waals surface area contributed by atoms with Gasteiger partial charge in [0, 0.05) is 26.2 Å². The summed E-state index contributed by atoms with van der Waals surface area (Å²) in [5.74, 6) is 1.20. The van der Waals surface area contributed by atoms with Crippen LogP contribution in [0, 0.1) is 11.3 Å².